The zero-order valence-electron chi connectivity index (χ0n) is 14.7. The van der Waals surface area contributed by atoms with Crippen molar-refractivity contribution in [2.75, 3.05) is 0 Å². The minimum atomic E-state index is -4.27. The maximum Gasteiger partial charge on any atom is 0.395 e. The van der Waals surface area contributed by atoms with E-state index >= 15 is 0 Å². The number of hydrogen-bond acceptors (Lipinski definition) is 1. The Labute approximate surface area is 151 Å². The lowest BCUT2D eigenvalue weighted by Crippen LogP contribution is -2.31. The number of nitrogens with zero attached hydrogens (tertiary/aromatic N) is 1. The fourth-order valence-electron chi connectivity index (χ4n) is 3.52. The Morgan fingerprint density at radius 1 is 1.12 bits per heavy atom. The third kappa shape index (κ3) is 3.44. The third-order valence-electron chi connectivity index (χ3n) is 5.58. The van der Waals surface area contributed by atoms with E-state index in [2.05, 4.69) is 12.2 Å². The van der Waals surface area contributed by atoms with E-state index < -0.39 is 12.1 Å². The van der Waals surface area contributed by atoms with Crippen molar-refractivity contribution >= 4 is 5.91 Å². The van der Waals surface area contributed by atoms with Gasteiger partial charge in [-0.05, 0) is 62.3 Å². The van der Waals surface area contributed by atoms with Gasteiger partial charge in [-0.25, -0.2) is 0 Å². The van der Waals surface area contributed by atoms with Gasteiger partial charge in [0.15, 0.2) is 0 Å². The van der Waals surface area contributed by atoms with Gasteiger partial charge in [-0.3, -0.25) is 4.79 Å². The van der Waals surface area contributed by atoms with Gasteiger partial charge in [0.2, 0.25) is 0 Å². The van der Waals surface area contributed by atoms with Crippen molar-refractivity contribution in [2.24, 2.45) is 11.8 Å². The third-order valence-corrected chi connectivity index (χ3v) is 5.58. The molecule has 1 aromatic carbocycles. The van der Waals surface area contributed by atoms with Crippen molar-refractivity contribution in [1.82, 2.24) is 4.90 Å². The van der Waals surface area contributed by atoms with Gasteiger partial charge >= 0.3 is 6.18 Å². The van der Waals surface area contributed by atoms with Crippen LogP contribution in [0.5, 0.6) is 0 Å². The maximum absolute atomic E-state index is 13.0. The topological polar surface area (TPSA) is 20.3 Å². The van der Waals surface area contributed by atoms with Gasteiger partial charge in [0, 0.05) is 23.2 Å². The van der Waals surface area contributed by atoms with Crippen LogP contribution in [0.3, 0.4) is 0 Å². The molecule has 3 aliphatic carbocycles. The number of alkyl halides is 3. The second-order valence-corrected chi connectivity index (χ2v) is 7.66. The summed E-state index contributed by atoms with van der Waals surface area (Å²) in [5.74, 6) is -0.519. The number of carbonyl (C=O) groups excluding carboxylic acids is 1. The van der Waals surface area contributed by atoms with E-state index in [4.69, 9.17) is 0 Å². The van der Waals surface area contributed by atoms with Crippen LogP contribution < -0.4 is 0 Å². The zero-order chi connectivity index (χ0) is 18.5. The summed E-state index contributed by atoms with van der Waals surface area (Å²) in [5.41, 5.74) is 1.57. The van der Waals surface area contributed by atoms with Gasteiger partial charge in [0.05, 0.1) is 5.92 Å². The molecule has 0 aromatic heterocycles. The lowest BCUT2D eigenvalue weighted by molar-refractivity contribution is -0.146. The van der Waals surface area contributed by atoms with Crippen molar-refractivity contribution in [3.63, 3.8) is 0 Å². The van der Waals surface area contributed by atoms with Gasteiger partial charge in [-0.15, -0.1) is 0 Å². The molecular formula is C21H22F3NO. The molecule has 0 radical (unpaired) electrons. The lowest BCUT2D eigenvalue weighted by Gasteiger charge is -2.23. The average Bonchev–Trinajstić information content (AvgIpc) is 3.53. The molecule has 3 aliphatic rings. The minimum absolute atomic E-state index is 0.119. The second-order valence-electron chi connectivity index (χ2n) is 7.66. The summed E-state index contributed by atoms with van der Waals surface area (Å²) < 4.78 is 38.6. The molecule has 1 amide bonds. The Balaban J connectivity index is 1.53. The molecule has 2 atom stereocenters. The Hall–Kier alpha value is -2.04. The Morgan fingerprint density at radius 3 is 2.31 bits per heavy atom. The van der Waals surface area contributed by atoms with Gasteiger partial charge < -0.3 is 4.90 Å². The monoisotopic (exact) mass is 361 g/mol. The highest BCUT2D eigenvalue weighted by Crippen LogP contribution is 2.43. The molecule has 26 heavy (non-hydrogen) atoms. The van der Waals surface area contributed by atoms with Gasteiger partial charge in [-0.2, -0.15) is 13.2 Å². The molecule has 2 nitrogen and oxygen atoms in total. The predicted octanol–water partition coefficient (Wildman–Crippen LogP) is 5.44. The van der Waals surface area contributed by atoms with Crippen molar-refractivity contribution in [1.29, 1.82) is 0 Å². The zero-order valence-corrected chi connectivity index (χ0v) is 14.7. The smallest absolute Gasteiger partial charge is 0.306 e. The Kier molecular flexibility index (Phi) is 4.20. The minimum Gasteiger partial charge on any atom is -0.306 e. The molecule has 0 saturated heterocycles. The largest absolute Gasteiger partial charge is 0.395 e. The first kappa shape index (κ1) is 17.4. The quantitative estimate of drug-likeness (QED) is 0.684. The van der Waals surface area contributed by atoms with Crippen LogP contribution in [-0.2, 0) is 0 Å². The molecule has 1 aromatic rings. The predicted molar refractivity (Wildman–Crippen MR) is 93.5 cm³/mol. The fraction of sp³-hybridized carbons (Fsp3) is 0.476. The van der Waals surface area contributed by atoms with Crippen LogP contribution in [0.15, 0.2) is 48.2 Å². The Bertz CT molecular complexity index is 754. The highest BCUT2D eigenvalue weighted by Gasteiger charge is 2.39. The number of allylic oxidation sites excluding steroid dienone is 3. The molecule has 2 fully saturated rings. The molecule has 0 bridgehead atoms. The molecule has 0 aliphatic heterocycles. The fourth-order valence-corrected chi connectivity index (χ4v) is 3.52. The van der Waals surface area contributed by atoms with E-state index in [9.17, 15) is 18.0 Å². The SMILES string of the molecule is C[C@H](c1ccc(C(=O)N(C2=CC(C3CC3)C=C2)C2CC2)cc1)C(F)(F)F. The van der Waals surface area contributed by atoms with Crippen LogP contribution >= 0.6 is 0 Å². The molecule has 138 valence electrons. The van der Waals surface area contributed by atoms with E-state index in [1.807, 2.05) is 11.0 Å². The Morgan fingerprint density at radius 2 is 1.77 bits per heavy atom. The van der Waals surface area contributed by atoms with Crippen molar-refractivity contribution in [3.05, 3.63) is 59.3 Å². The van der Waals surface area contributed by atoms with Crippen LogP contribution in [0.2, 0.25) is 0 Å². The van der Waals surface area contributed by atoms with Crippen LogP contribution in [-0.4, -0.2) is 23.0 Å². The summed E-state index contributed by atoms with van der Waals surface area (Å²) in [6.07, 6.45) is 6.55. The summed E-state index contributed by atoms with van der Waals surface area (Å²) in [7, 11) is 0. The first-order chi connectivity index (χ1) is 12.3. The molecule has 1 unspecified atom stereocenters. The van der Waals surface area contributed by atoms with Crippen LogP contribution in [0.4, 0.5) is 13.2 Å². The highest BCUT2D eigenvalue weighted by molar-refractivity contribution is 5.96. The van der Waals surface area contributed by atoms with Gasteiger partial charge in [0.25, 0.3) is 5.91 Å². The number of hydrogen-bond donors (Lipinski definition) is 0. The van der Waals surface area contributed by atoms with Crippen molar-refractivity contribution in [2.45, 2.75) is 50.7 Å². The van der Waals surface area contributed by atoms with E-state index in [-0.39, 0.29) is 17.5 Å². The van der Waals surface area contributed by atoms with Crippen LogP contribution in [0.25, 0.3) is 0 Å². The summed E-state index contributed by atoms with van der Waals surface area (Å²) in [4.78, 5) is 14.8. The molecule has 0 spiro atoms. The van der Waals surface area contributed by atoms with E-state index in [1.165, 1.54) is 37.1 Å². The molecule has 5 heteroatoms. The maximum atomic E-state index is 13.0. The highest BCUT2D eigenvalue weighted by atomic mass is 19.4. The molecular weight excluding hydrogens is 339 g/mol. The molecule has 4 rings (SSSR count). The van der Waals surface area contributed by atoms with Gasteiger partial charge in [-0.1, -0.05) is 24.3 Å². The molecule has 0 N–H and O–H groups in total. The van der Waals surface area contributed by atoms with Crippen molar-refractivity contribution in [3.8, 4) is 0 Å². The number of carbonyl (C=O) groups is 1. The standard InChI is InChI=1S/C21H22F3NO/c1-13(21(22,23)24)14-2-6-16(7-3-14)20(26)25(18-10-11-18)19-9-8-17(12-19)15-4-5-15/h2-3,6-9,12-13,15,17-18H,4-5,10-11H2,1H3/t13-,17?/m1/s1. The van der Waals surface area contributed by atoms with E-state index in [1.54, 1.807) is 0 Å². The number of rotatable bonds is 5. The molecule has 2 saturated carbocycles. The second kappa shape index (κ2) is 6.29. The summed E-state index contributed by atoms with van der Waals surface area (Å²) in [5, 5.41) is 0. The van der Waals surface area contributed by atoms with E-state index in [0.29, 0.717) is 17.4 Å². The molecule has 0 heterocycles. The van der Waals surface area contributed by atoms with Crippen LogP contribution in [0.1, 0.15) is 54.4 Å². The number of benzene rings is 1. The average molecular weight is 361 g/mol. The first-order valence-corrected chi connectivity index (χ1v) is 9.25. The normalized spacial score (nSPS) is 23.7. The lowest BCUT2D eigenvalue weighted by atomic mass is 9.99. The summed E-state index contributed by atoms with van der Waals surface area (Å²) >= 11 is 0. The van der Waals surface area contributed by atoms with Crippen LogP contribution in [0, 0.1) is 11.8 Å². The first-order valence-electron chi connectivity index (χ1n) is 9.25. The van der Waals surface area contributed by atoms with Crippen molar-refractivity contribution < 1.29 is 18.0 Å². The number of halogens is 3. The summed E-state index contributed by atoms with van der Waals surface area (Å²) in [6, 6.07) is 6.09. The van der Waals surface area contributed by atoms with E-state index in [0.717, 1.165) is 25.5 Å². The number of amides is 1. The van der Waals surface area contributed by atoms with Gasteiger partial charge in [0.1, 0.15) is 0 Å². The summed E-state index contributed by atoms with van der Waals surface area (Å²) in [6.45, 7) is 1.14.